The molecule has 1 aromatic carbocycles. The third kappa shape index (κ3) is 2.51. The van der Waals surface area contributed by atoms with Gasteiger partial charge in [0.2, 0.25) is 0 Å². The predicted molar refractivity (Wildman–Crippen MR) is 85.0 cm³/mol. The van der Waals surface area contributed by atoms with Crippen LogP contribution in [0.5, 0.6) is 0 Å². The highest BCUT2D eigenvalue weighted by atomic mass is 15.1. The summed E-state index contributed by atoms with van der Waals surface area (Å²) in [6.45, 7) is 5.52. The normalized spacial score (nSPS) is 19.3. The lowest BCUT2D eigenvalue weighted by Crippen LogP contribution is -2.25. The van der Waals surface area contributed by atoms with Crippen molar-refractivity contribution < 1.29 is 0 Å². The van der Waals surface area contributed by atoms with Crippen molar-refractivity contribution in [1.29, 1.82) is 0 Å². The van der Waals surface area contributed by atoms with Gasteiger partial charge < -0.3 is 9.88 Å². The van der Waals surface area contributed by atoms with Crippen LogP contribution in [-0.2, 0) is 19.5 Å². The van der Waals surface area contributed by atoms with Gasteiger partial charge in [-0.1, -0.05) is 37.3 Å². The molecule has 110 valence electrons. The zero-order valence-electron chi connectivity index (χ0n) is 12.7. The Labute approximate surface area is 126 Å². The molecule has 21 heavy (non-hydrogen) atoms. The van der Waals surface area contributed by atoms with Gasteiger partial charge in [-0.2, -0.15) is 0 Å². The van der Waals surface area contributed by atoms with Crippen molar-refractivity contribution in [3.8, 4) is 11.4 Å². The molecule has 1 aliphatic heterocycles. The molecule has 3 heteroatoms. The Morgan fingerprint density at radius 2 is 2.10 bits per heavy atom. The summed E-state index contributed by atoms with van der Waals surface area (Å²) in [6, 6.07) is 10.6. The highest BCUT2D eigenvalue weighted by Gasteiger charge is 2.30. The first-order chi connectivity index (χ1) is 10.3. The van der Waals surface area contributed by atoms with Gasteiger partial charge in [-0.05, 0) is 24.7 Å². The average Bonchev–Trinajstić information content (AvgIpc) is 3.32. The molecule has 2 aromatic rings. The Morgan fingerprint density at radius 3 is 2.86 bits per heavy atom. The van der Waals surface area contributed by atoms with E-state index in [-0.39, 0.29) is 0 Å². The topological polar surface area (TPSA) is 29.9 Å². The highest BCUT2D eigenvalue weighted by molar-refractivity contribution is 5.57. The molecule has 1 aliphatic carbocycles. The minimum atomic E-state index is 0.764. The molecule has 1 fully saturated rings. The lowest BCUT2D eigenvalue weighted by atomic mass is 10.1. The van der Waals surface area contributed by atoms with Crippen LogP contribution >= 0.6 is 0 Å². The van der Waals surface area contributed by atoms with Crippen LogP contribution in [0.1, 0.15) is 31.2 Å². The average molecular weight is 281 g/mol. The fourth-order valence-corrected chi connectivity index (χ4v) is 3.48. The number of hydrogen-bond acceptors (Lipinski definition) is 2. The van der Waals surface area contributed by atoms with Crippen molar-refractivity contribution in [2.75, 3.05) is 6.54 Å². The summed E-state index contributed by atoms with van der Waals surface area (Å²) in [7, 11) is 0. The second-order valence-corrected chi connectivity index (χ2v) is 6.55. The second-order valence-electron chi connectivity index (χ2n) is 6.55. The Balaban J connectivity index is 1.75. The molecule has 1 saturated carbocycles. The summed E-state index contributed by atoms with van der Waals surface area (Å²) in [4.78, 5) is 4.95. The number of nitrogens with zero attached hydrogens (tertiary/aromatic N) is 2. The molecular formula is C18H23N3. The summed E-state index contributed by atoms with van der Waals surface area (Å²) in [5.74, 6) is 2.87. The molecule has 4 rings (SSSR count). The fourth-order valence-electron chi connectivity index (χ4n) is 3.48. The number of fused-ring (bicyclic) bond motifs is 1. The molecule has 0 bridgehead atoms. The van der Waals surface area contributed by atoms with Gasteiger partial charge in [0.1, 0.15) is 5.82 Å². The molecule has 0 saturated heterocycles. The Morgan fingerprint density at radius 1 is 1.29 bits per heavy atom. The number of nitrogens with one attached hydrogen (secondary N) is 1. The van der Waals surface area contributed by atoms with Crippen LogP contribution in [-0.4, -0.2) is 16.1 Å². The van der Waals surface area contributed by atoms with Gasteiger partial charge in [0, 0.05) is 37.3 Å². The molecule has 2 heterocycles. The summed E-state index contributed by atoms with van der Waals surface area (Å²) >= 11 is 0. The van der Waals surface area contributed by atoms with E-state index in [0.29, 0.717) is 0 Å². The van der Waals surface area contributed by atoms with Gasteiger partial charge in [0.25, 0.3) is 0 Å². The largest absolute Gasteiger partial charge is 0.327 e. The van der Waals surface area contributed by atoms with Crippen molar-refractivity contribution in [3.63, 3.8) is 0 Å². The van der Waals surface area contributed by atoms with Gasteiger partial charge in [-0.15, -0.1) is 0 Å². The summed E-state index contributed by atoms with van der Waals surface area (Å²) in [5, 5.41) is 3.45. The van der Waals surface area contributed by atoms with Crippen LogP contribution in [0.4, 0.5) is 0 Å². The van der Waals surface area contributed by atoms with Crippen LogP contribution in [0.3, 0.4) is 0 Å². The summed E-state index contributed by atoms with van der Waals surface area (Å²) < 4.78 is 2.51. The van der Waals surface area contributed by atoms with E-state index in [4.69, 9.17) is 4.98 Å². The fraction of sp³-hybridized carbons (Fsp3) is 0.500. The monoisotopic (exact) mass is 281 g/mol. The van der Waals surface area contributed by atoms with Crippen molar-refractivity contribution in [3.05, 3.63) is 41.7 Å². The SMILES string of the molecule is CC(Cn1c(-c2ccccc2)nc2c1CCNC2)C1CC1. The van der Waals surface area contributed by atoms with E-state index in [1.807, 2.05) is 0 Å². The lowest BCUT2D eigenvalue weighted by molar-refractivity contribution is 0.422. The Kier molecular flexibility index (Phi) is 3.30. The van der Waals surface area contributed by atoms with Crippen molar-refractivity contribution in [1.82, 2.24) is 14.9 Å². The van der Waals surface area contributed by atoms with Crippen LogP contribution in [0.2, 0.25) is 0 Å². The molecule has 1 aromatic heterocycles. The minimum absolute atomic E-state index is 0.764. The molecule has 1 atom stereocenters. The van der Waals surface area contributed by atoms with Gasteiger partial charge >= 0.3 is 0 Å². The van der Waals surface area contributed by atoms with E-state index in [1.54, 1.807) is 0 Å². The third-order valence-electron chi connectivity index (χ3n) is 4.92. The van der Waals surface area contributed by atoms with Crippen LogP contribution in [0.15, 0.2) is 30.3 Å². The first-order valence-corrected chi connectivity index (χ1v) is 8.17. The molecule has 1 unspecified atom stereocenters. The van der Waals surface area contributed by atoms with E-state index in [0.717, 1.165) is 43.7 Å². The van der Waals surface area contributed by atoms with Crippen LogP contribution in [0, 0.1) is 11.8 Å². The number of hydrogen-bond donors (Lipinski definition) is 1. The summed E-state index contributed by atoms with van der Waals surface area (Å²) in [6.07, 6.45) is 3.94. The second kappa shape index (κ2) is 5.30. The number of rotatable bonds is 4. The van der Waals surface area contributed by atoms with Crippen molar-refractivity contribution in [2.24, 2.45) is 11.8 Å². The van der Waals surface area contributed by atoms with E-state index >= 15 is 0 Å². The third-order valence-corrected chi connectivity index (χ3v) is 4.92. The van der Waals surface area contributed by atoms with Gasteiger partial charge in [-0.25, -0.2) is 4.98 Å². The lowest BCUT2D eigenvalue weighted by Gasteiger charge is -2.19. The maximum atomic E-state index is 4.95. The minimum Gasteiger partial charge on any atom is -0.327 e. The number of aromatic nitrogens is 2. The highest BCUT2D eigenvalue weighted by Crippen LogP contribution is 2.38. The smallest absolute Gasteiger partial charge is 0.140 e. The van der Waals surface area contributed by atoms with Crippen LogP contribution < -0.4 is 5.32 Å². The van der Waals surface area contributed by atoms with Gasteiger partial charge in [0.15, 0.2) is 0 Å². The number of imidazole rings is 1. The first-order valence-electron chi connectivity index (χ1n) is 8.17. The van der Waals surface area contributed by atoms with E-state index < -0.39 is 0 Å². The quantitative estimate of drug-likeness (QED) is 0.932. The van der Waals surface area contributed by atoms with Gasteiger partial charge in [-0.3, -0.25) is 0 Å². The molecule has 0 radical (unpaired) electrons. The predicted octanol–water partition coefficient (Wildman–Crippen LogP) is 3.24. The molecule has 0 spiro atoms. The molecule has 0 amide bonds. The van der Waals surface area contributed by atoms with Crippen molar-refractivity contribution >= 4 is 0 Å². The van der Waals surface area contributed by atoms with Crippen molar-refractivity contribution in [2.45, 2.75) is 39.3 Å². The molecule has 1 N–H and O–H groups in total. The zero-order chi connectivity index (χ0) is 14.2. The zero-order valence-corrected chi connectivity index (χ0v) is 12.7. The molecular weight excluding hydrogens is 258 g/mol. The maximum absolute atomic E-state index is 4.95. The standard InChI is InChI=1S/C18H23N3/c1-13(14-7-8-14)12-21-17-9-10-19-11-16(17)20-18(21)15-5-3-2-4-6-15/h2-6,13-14,19H,7-12H2,1H3. The Bertz CT molecular complexity index is 625. The first kappa shape index (κ1) is 13.1. The van der Waals surface area contributed by atoms with Gasteiger partial charge in [0.05, 0.1) is 5.69 Å². The summed E-state index contributed by atoms with van der Waals surface area (Å²) in [5.41, 5.74) is 3.96. The molecule has 3 nitrogen and oxygen atoms in total. The van der Waals surface area contributed by atoms with E-state index in [2.05, 4.69) is 47.1 Å². The molecule has 2 aliphatic rings. The Hall–Kier alpha value is -1.61. The number of benzene rings is 1. The van der Waals surface area contributed by atoms with Crippen LogP contribution in [0.25, 0.3) is 11.4 Å². The maximum Gasteiger partial charge on any atom is 0.140 e. The van der Waals surface area contributed by atoms with E-state index in [1.165, 1.54) is 29.8 Å². The van der Waals surface area contributed by atoms with E-state index in [9.17, 15) is 0 Å².